The number of nitrogens with one attached hydrogen (secondary N) is 1. The number of aryl methyl sites for hydroxylation is 1. The standard InChI is InChI=1S/C27H35N3O3S/c1-16(2)13-22(27(32)33)29-26(31)19-10-12-24-21(14-19)28-25(15-20-11-9-18(4)34-20)30(24)23-8-6-5-7-17(23)3/h9-12,14,16-17,22-23H,5-8,13,15H2,1-4H3,(H,29,31)(H,32,33)/t17?,22?,23-/m0/s1. The highest BCUT2D eigenvalue weighted by molar-refractivity contribution is 7.11. The fourth-order valence-electron chi connectivity index (χ4n) is 5.14. The number of carboxylic acids is 1. The summed E-state index contributed by atoms with van der Waals surface area (Å²) >= 11 is 1.80. The molecule has 7 heteroatoms. The smallest absolute Gasteiger partial charge is 0.326 e. The third-order valence-electron chi connectivity index (χ3n) is 6.86. The average molecular weight is 482 g/mol. The average Bonchev–Trinajstić information content (AvgIpc) is 3.35. The molecule has 2 heterocycles. The van der Waals surface area contributed by atoms with Crippen molar-refractivity contribution in [2.75, 3.05) is 0 Å². The molecule has 6 nitrogen and oxygen atoms in total. The van der Waals surface area contributed by atoms with Gasteiger partial charge in [-0.3, -0.25) is 4.79 Å². The van der Waals surface area contributed by atoms with Crippen molar-refractivity contribution in [3.8, 4) is 0 Å². The molecule has 0 spiro atoms. The van der Waals surface area contributed by atoms with Crippen LogP contribution in [0.15, 0.2) is 30.3 Å². The molecule has 3 atom stereocenters. The lowest BCUT2D eigenvalue weighted by atomic mass is 9.85. The van der Waals surface area contributed by atoms with Gasteiger partial charge in [-0.25, -0.2) is 9.78 Å². The number of aliphatic carboxylic acids is 1. The highest BCUT2D eigenvalue weighted by Gasteiger charge is 2.28. The predicted molar refractivity (Wildman–Crippen MR) is 137 cm³/mol. The molecule has 34 heavy (non-hydrogen) atoms. The Balaban J connectivity index is 1.69. The molecule has 0 bridgehead atoms. The molecule has 1 aromatic carbocycles. The van der Waals surface area contributed by atoms with Crippen LogP contribution >= 0.6 is 11.3 Å². The van der Waals surface area contributed by atoms with Crippen LogP contribution in [-0.2, 0) is 11.2 Å². The van der Waals surface area contributed by atoms with Gasteiger partial charge in [0.05, 0.1) is 11.0 Å². The van der Waals surface area contributed by atoms with Gasteiger partial charge in [-0.2, -0.15) is 0 Å². The molecule has 1 aliphatic rings. The second-order valence-electron chi connectivity index (χ2n) is 10.1. The van der Waals surface area contributed by atoms with Gasteiger partial charge in [-0.05, 0) is 68.4 Å². The molecule has 2 unspecified atom stereocenters. The first kappa shape index (κ1) is 24.5. The number of carbonyl (C=O) groups excluding carboxylic acids is 1. The molecule has 182 valence electrons. The lowest BCUT2D eigenvalue weighted by Crippen LogP contribution is -2.41. The van der Waals surface area contributed by atoms with Crippen molar-refractivity contribution < 1.29 is 14.7 Å². The second-order valence-corrected chi connectivity index (χ2v) is 11.5. The minimum atomic E-state index is -1.01. The molecule has 3 aromatic rings. The van der Waals surface area contributed by atoms with Crippen molar-refractivity contribution in [3.05, 3.63) is 51.5 Å². The Morgan fingerprint density at radius 1 is 1.21 bits per heavy atom. The van der Waals surface area contributed by atoms with E-state index in [0.717, 1.165) is 29.7 Å². The summed E-state index contributed by atoms with van der Waals surface area (Å²) in [6.07, 6.45) is 6.01. The SMILES string of the molecule is Cc1ccc(Cc2nc3cc(C(=O)NC(CC(C)C)C(=O)O)ccc3n2[C@H]2CCCCC2C)s1. The van der Waals surface area contributed by atoms with Gasteiger partial charge in [-0.1, -0.05) is 33.6 Å². The van der Waals surface area contributed by atoms with Crippen molar-refractivity contribution in [3.63, 3.8) is 0 Å². The second kappa shape index (κ2) is 10.3. The molecular formula is C27H35N3O3S. The molecule has 1 amide bonds. The molecular weight excluding hydrogens is 446 g/mol. The van der Waals surface area contributed by atoms with E-state index in [1.165, 1.54) is 29.0 Å². The number of fused-ring (bicyclic) bond motifs is 1. The van der Waals surface area contributed by atoms with E-state index in [4.69, 9.17) is 4.98 Å². The minimum absolute atomic E-state index is 0.167. The lowest BCUT2D eigenvalue weighted by molar-refractivity contribution is -0.139. The highest BCUT2D eigenvalue weighted by atomic mass is 32.1. The van der Waals surface area contributed by atoms with Crippen LogP contribution in [0, 0.1) is 18.8 Å². The zero-order valence-corrected chi connectivity index (χ0v) is 21.3. The number of nitrogens with zero attached hydrogens (tertiary/aromatic N) is 2. The summed E-state index contributed by atoms with van der Waals surface area (Å²) in [4.78, 5) is 32.1. The van der Waals surface area contributed by atoms with E-state index in [-0.39, 0.29) is 11.8 Å². The molecule has 0 aliphatic heterocycles. The maximum atomic E-state index is 12.9. The number of imidazole rings is 1. The van der Waals surface area contributed by atoms with E-state index < -0.39 is 12.0 Å². The number of benzene rings is 1. The third kappa shape index (κ3) is 5.35. The number of thiophene rings is 1. The molecule has 0 saturated heterocycles. The lowest BCUT2D eigenvalue weighted by Gasteiger charge is -2.31. The van der Waals surface area contributed by atoms with Gasteiger partial charge >= 0.3 is 5.97 Å². The van der Waals surface area contributed by atoms with Gasteiger partial charge in [0.1, 0.15) is 11.9 Å². The van der Waals surface area contributed by atoms with E-state index in [2.05, 4.69) is 35.9 Å². The third-order valence-corrected chi connectivity index (χ3v) is 7.86. The number of aromatic nitrogens is 2. The van der Waals surface area contributed by atoms with Gasteiger partial charge in [0.2, 0.25) is 0 Å². The summed E-state index contributed by atoms with van der Waals surface area (Å²) in [6.45, 7) is 8.35. The van der Waals surface area contributed by atoms with Gasteiger partial charge in [0.25, 0.3) is 5.91 Å². The summed E-state index contributed by atoms with van der Waals surface area (Å²) in [5.74, 6) is 0.403. The van der Waals surface area contributed by atoms with Crippen LogP contribution in [0.25, 0.3) is 11.0 Å². The number of hydrogen-bond acceptors (Lipinski definition) is 4. The molecule has 1 saturated carbocycles. The summed E-state index contributed by atoms with van der Waals surface area (Å²) in [5.41, 5.74) is 2.29. The maximum Gasteiger partial charge on any atom is 0.326 e. The molecule has 1 fully saturated rings. The summed E-state index contributed by atoms with van der Waals surface area (Å²) in [7, 11) is 0. The first-order valence-electron chi connectivity index (χ1n) is 12.3. The number of hydrogen-bond donors (Lipinski definition) is 2. The number of carboxylic acid groups (broad SMARTS) is 1. The Morgan fingerprint density at radius 2 is 1.97 bits per heavy atom. The van der Waals surface area contributed by atoms with Gasteiger partial charge in [-0.15, -0.1) is 11.3 Å². The normalized spacial score (nSPS) is 19.4. The Hall–Kier alpha value is -2.67. The van der Waals surface area contributed by atoms with Crippen LogP contribution in [-0.4, -0.2) is 32.6 Å². The molecule has 2 aromatic heterocycles. The van der Waals surface area contributed by atoms with Crippen molar-refractivity contribution in [1.29, 1.82) is 0 Å². The molecule has 0 radical (unpaired) electrons. The predicted octanol–water partition coefficient (Wildman–Crippen LogP) is 5.98. The number of carbonyl (C=O) groups is 2. The number of amides is 1. The van der Waals surface area contributed by atoms with Crippen LogP contribution in [0.5, 0.6) is 0 Å². The number of rotatable bonds is 8. The first-order chi connectivity index (χ1) is 16.2. The van der Waals surface area contributed by atoms with Crippen molar-refractivity contribution >= 4 is 34.2 Å². The Morgan fingerprint density at radius 3 is 2.62 bits per heavy atom. The minimum Gasteiger partial charge on any atom is -0.480 e. The van der Waals surface area contributed by atoms with E-state index in [9.17, 15) is 14.7 Å². The van der Waals surface area contributed by atoms with Crippen LogP contribution in [0.3, 0.4) is 0 Å². The Kier molecular flexibility index (Phi) is 7.41. The van der Waals surface area contributed by atoms with E-state index in [0.29, 0.717) is 23.9 Å². The van der Waals surface area contributed by atoms with Gasteiger partial charge in [0.15, 0.2) is 0 Å². The highest BCUT2D eigenvalue weighted by Crippen LogP contribution is 2.37. The monoisotopic (exact) mass is 481 g/mol. The maximum absolute atomic E-state index is 12.9. The van der Waals surface area contributed by atoms with Crippen molar-refractivity contribution in [2.45, 2.75) is 78.3 Å². The largest absolute Gasteiger partial charge is 0.480 e. The zero-order chi connectivity index (χ0) is 24.4. The topological polar surface area (TPSA) is 84.2 Å². The Bertz CT molecular complexity index is 1180. The molecule has 2 N–H and O–H groups in total. The fraction of sp³-hybridized carbons (Fsp3) is 0.519. The van der Waals surface area contributed by atoms with Gasteiger partial charge < -0.3 is 15.0 Å². The van der Waals surface area contributed by atoms with Crippen LogP contribution in [0.4, 0.5) is 0 Å². The van der Waals surface area contributed by atoms with Crippen LogP contribution in [0.1, 0.15) is 84.9 Å². The zero-order valence-electron chi connectivity index (χ0n) is 20.5. The molecule has 4 rings (SSSR count). The van der Waals surface area contributed by atoms with Crippen molar-refractivity contribution in [1.82, 2.24) is 14.9 Å². The van der Waals surface area contributed by atoms with E-state index >= 15 is 0 Å². The quantitative estimate of drug-likeness (QED) is 0.415. The van der Waals surface area contributed by atoms with E-state index in [1.54, 1.807) is 17.4 Å². The van der Waals surface area contributed by atoms with Crippen LogP contribution < -0.4 is 5.32 Å². The fourth-order valence-corrected chi connectivity index (χ4v) is 6.02. The van der Waals surface area contributed by atoms with Crippen molar-refractivity contribution in [2.24, 2.45) is 11.8 Å². The summed E-state index contributed by atoms with van der Waals surface area (Å²) in [5, 5.41) is 12.2. The Labute approximate surface area is 205 Å². The first-order valence-corrected chi connectivity index (χ1v) is 13.1. The summed E-state index contributed by atoms with van der Waals surface area (Å²) in [6, 6.07) is 9.42. The van der Waals surface area contributed by atoms with E-state index in [1.807, 2.05) is 26.0 Å². The summed E-state index contributed by atoms with van der Waals surface area (Å²) < 4.78 is 2.41. The van der Waals surface area contributed by atoms with Gasteiger partial charge in [0, 0.05) is 27.8 Å². The molecule has 1 aliphatic carbocycles. The van der Waals surface area contributed by atoms with Crippen LogP contribution in [0.2, 0.25) is 0 Å².